The van der Waals surface area contributed by atoms with Crippen molar-refractivity contribution in [1.29, 1.82) is 0 Å². The lowest BCUT2D eigenvalue weighted by Gasteiger charge is -2.38. The van der Waals surface area contributed by atoms with E-state index >= 15 is 0 Å². The maximum Gasteiger partial charge on any atom is 0.413 e. The minimum atomic E-state index is -1.18. The van der Waals surface area contributed by atoms with Crippen molar-refractivity contribution < 1.29 is 23.8 Å². The van der Waals surface area contributed by atoms with E-state index in [0.29, 0.717) is 0 Å². The van der Waals surface area contributed by atoms with Crippen LogP contribution in [-0.4, -0.2) is 47.5 Å². The highest BCUT2D eigenvalue weighted by molar-refractivity contribution is 5.86. The summed E-state index contributed by atoms with van der Waals surface area (Å²) in [5.41, 5.74) is -2.75. The average Bonchev–Trinajstić information content (AvgIpc) is 2.47. The molecule has 0 aromatic carbocycles. The molecule has 1 aliphatic rings. The van der Waals surface area contributed by atoms with E-state index in [1.807, 2.05) is 0 Å². The first kappa shape index (κ1) is 15.8. The molecule has 6 nitrogen and oxygen atoms in total. The van der Waals surface area contributed by atoms with Crippen molar-refractivity contribution in [2.75, 3.05) is 13.7 Å². The maximum absolute atomic E-state index is 12.3. The fourth-order valence-corrected chi connectivity index (χ4v) is 2.14. The molecule has 1 heterocycles. The van der Waals surface area contributed by atoms with Gasteiger partial charge in [0.2, 0.25) is 0 Å². The van der Waals surface area contributed by atoms with Crippen molar-refractivity contribution in [1.82, 2.24) is 4.90 Å². The summed E-state index contributed by atoms with van der Waals surface area (Å²) in [5.74, 6) is -0.524. The first-order valence-corrected chi connectivity index (χ1v) is 6.20. The number of rotatable bonds is 1. The molecule has 0 aliphatic carbocycles. The molecule has 1 rings (SSSR count). The minimum Gasteiger partial charge on any atom is -0.467 e. The molecule has 0 saturated carbocycles. The summed E-state index contributed by atoms with van der Waals surface area (Å²) >= 11 is 0. The summed E-state index contributed by atoms with van der Waals surface area (Å²) < 4.78 is 15.7. The van der Waals surface area contributed by atoms with Crippen molar-refractivity contribution in [3.63, 3.8) is 0 Å². The molecule has 6 heteroatoms. The summed E-state index contributed by atoms with van der Waals surface area (Å²) in [5, 5.41) is 0. The molecule has 0 aromatic heterocycles. The fraction of sp³-hybridized carbons (Fsp3) is 0.846. The van der Waals surface area contributed by atoms with Crippen LogP contribution in [0, 0.1) is 0 Å². The summed E-state index contributed by atoms with van der Waals surface area (Å²) in [6.07, 6.45) is -0.595. The molecule has 110 valence electrons. The van der Waals surface area contributed by atoms with Crippen molar-refractivity contribution in [2.45, 2.75) is 58.4 Å². The van der Waals surface area contributed by atoms with Crippen LogP contribution in [0.1, 0.15) is 41.5 Å². The van der Waals surface area contributed by atoms with Gasteiger partial charge in [0.05, 0.1) is 13.7 Å². The second-order valence-corrected chi connectivity index (χ2v) is 6.32. The van der Waals surface area contributed by atoms with E-state index in [-0.39, 0.29) is 6.61 Å². The van der Waals surface area contributed by atoms with Gasteiger partial charge >= 0.3 is 12.1 Å². The van der Waals surface area contributed by atoms with Gasteiger partial charge in [-0.3, -0.25) is 4.90 Å². The summed E-state index contributed by atoms with van der Waals surface area (Å²) in [6, 6.07) is 0. The predicted octanol–water partition coefficient (Wildman–Crippen LogP) is 1.92. The second kappa shape index (κ2) is 4.67. The Labute approximate surface area is 114 Å². The minimum absolute atomic E-state index is 0.0753. The van der Waals surface area contributed by atoms with Gasteiger partial charge in [0.1, 0.15) is 11.3 Å². The Kier molecular flexibility index (Phi) is 3.87. The Bertz CT molecular complexity index is 385. The number of carbonyl (C=O) groups excluding carboxylic acids is 2. The Morgan fingerprint density at radius 1 is 1.21 bits per heavy atom. The standard InChI is InChI=1S/C13H23NO5/c1-11(2,3)19-10(16)14-12(4,5)18-8-13(14,6)9(15)17-7/h8H2,1-7H3/t13-/m0/s1. The third-order valence-electron chi connectivity index (χ3n) is 2.94. The van der Waals surface area contributed by atoms with Crippen LogP contribution < -0.4 is 0 Å². The zero-order chi connectivity index (χ0) is 15.1. The first-order valence-electron chi connectivity index (χ1n) is 6.20. The number of nitrogens with zero attached hydrogens (tertiary/aromatic N) is 1. The lowest BCUT2D eigenvalue weighted by molar-refractivity contribution is -0.153. The third kappa shape index (κ3) is 3.00. The van der Waals surface area contributed by atoms with Gasteiger partial charge in [-0.2, -0.15) is 0 Å². The van der Waals surface area contributed by atoms with Gasteiger partial charge in [0.15, 0.2) is 5.54 Å². The van der Waals surface area contributed by atoms with Crippen LogP contribution in [0.3, 0.4) is 0 Å². The normalized spacial score (nSPS) is 26.2. The van der Waals surface area contributed by atoms with E-state index in [4.69, 9.17) is 14.2 Å². The third-order valence-corrected chi connectivity index (χ3v) is 2.94. The highest BCUT2D eigenvalue weighted by Gasteiger charge is 2.57. The van der Waals surface area contributed by atoms with Crippen molar-refractivity contribution in [3.05, 3.63) is 0 Å². The summed E-state index contributed by atoms with van der Waals surface area (Å²) in [7, 11) is 1.28. The molecule has 1 saturated heterocycles. The molecule has 0 aromatic rings. The number of hydrogen-bond acceptors (Lipinski definition) is 5. The SMILES string of the molecule is COC(=O)[C@]1(C)COC(C)(C)N1C(=O)OC(C)(C)C. The molecular formula is C13H23NO5. The van der Waals surface area contributed by atoms with Crippen LogP contribution >= 0.6 is 0 Å². The van der Waals surface area contributed by atoms with Gasteiger partial charge in [-0.25, -0.2) is 9.59 Å². The Hall–Kier alpha value is -1.30. The molecule has 19 heavy (non-hydrogen) atoms. The molecule has 1 aliphatic heterocycles. The maximum atomic E-state index is 12.3. The van der Waals surface area contributed by atoms with Gasteiger partial charge < -0.3 is 14.2 Å². The molecule has 0 radical (unpaired) electrons. The van der Waals surface area contributed by atoms with Crippen molar-refractivity contribution in [2.24, 2.45) is 0 Å². The second-order valence-electron chi connectivity index (χ2n) is 6.32. The van der Waals surface area contributed by atoms with Crippen LogP contribution in [0.2, 0.25) is 0 Å². The van der Waals surface area contributed by atoms with Crippen molar-refractivity contribution in [3.8, 4) is 0 Å². The molecule has 1 atom stereocenters. The van der Waals surface area contributed by atoms with Gasteiger partial charge in [0, 0.05) is 0 Å². The summed E-state index contributed by atoms with van der Waals surface area (Å²) in [4.78, 5) is 25.6. The molecule has 1 amide bonds. The average molecular weight is 273 g/mol. The van der Waals surface area contributed by atoms with Gasteiger partial charge in [-0.1, -0.05) is 0 Å². The van der Waals surface area contributed by atoms with E-state index in [1.165, 1.54) is 12.0 Å². The molecular weight excluding hydrogens is 250 g/mol. The lowest BCUT2D eigenvalue weighted by atomic mass is 10.0. The summed E-state index contributed by atoms with van der Waals surface area (Å²) in [6.45, 7) is 10.4. The van der Waals surface area contributed by atoms with E-state index in [9.17, 15) is 9.59 Å². The quantitative estimate of drug-likeness (QED) is 0.683. The molecule has 0 unspecified atom stereocenters. The largest absolute Gasteiger partial charge is 0.467 e. The number of methoxy groups -OCH3 is 1. The number of hydrogen-bond donors (Lipinski definition) is 0. The van der Waals surface area contributed by atoms with E-state index in [2.05, 4.69) is 0 Å². The highest BCUT2D eigenvalue weighted by atomic mass is 16.6. The van der Waals surface area contributed by atoms with E-state index in [1.54, 1.807) is 41.5 Å². The number of amides is 1. The number of ether oxygens (including phenoxy) is 3. The van der Waals surface area contributed by atoms with Crippen molar-refractivity contribution >= 4 is 12.1 Å². The van der Waals surface area contributed by atoms with E-state index in [0.717, 1.165) is 0 Å². The van der Waals surface area contributed by atoms with Crippen LogP contribution in [0.5, 0.6) is 0 Å². The predicted molar refractivity (Wildman–Crippen MR) is 68.5 cm³/mol. The van der Waals surface area contributed by atoms with Gasteiger partial charge in [0.25, 0.3) is 0 Å². The Morgan fingerprint density at radius 2 is 1.74 bits per heavy atom. The Morgan fingerprint density at radius 3 is 2.16 bits per heavy atom. The number of esters is 1. The monoisotopic (exact) mass is 273 g/mol. The van der Waals surface area contributed by atoms with Gasteiger partial charge in [-0.15, -0.1) is 0 Å². The van der Waals surface area contributed by atoms with Crippen LogP contribution in [0.25, 0.3) is 0 Å². The zero-order valence-electron chi connectivity index (χ0n) is 12.7. The van der Waals surface area contributed by atoms with Crippen LogP contribution in [0.15, 0.2) is 0 Å². The Balaban J connectivity index is 3.10. The number of carbonyl (C=O) groups is 2. The van der Waals surface area contributed by atoms with Crippen LogP contribution in [-0.2, 0) is 19.0 Å². The topological polar surface area (TPSA) is 65.1 Å². The molecule has 0 spiro atoms. The first-order chi connectivity index (χ1) is 8.44. The molecule has 0 bridgehead atoms. The van der Waals surface area contributed by atoms with Gasteiger partial charge in [-0.05, 0) is 41.5 Å². The zero-order valence-corrected chi connectivity index (χ0v) is 12.7. The highest BCUT2D eigenvalue weighted by Crippen LogP contribution is 2.37. The molecule has 0 N–H and O–H groups in total. The lowest BCUT2D eigenvalue weighted by Crippen LogP contribution is -2.59. The van der Waals surface area contributed by atoms with E-state index < -0.39 is 28.9 Å². The fourth-order valence-electron chi connectivity index (χ4n) is 2.14. The smallest absolute Gasteiger partial charge is 0.413 e. The molecule has 1 fully saturated rings. The van der Waals surface area contributed by atoms with Crippen LogP contribution in [0.4, 0.5) is 4.79 Å².